The molecule has 0 spiro atoms. The molecule has 0 bridgehead atoms. The van der Waals surface area contributed by atoms with E-state index < -0.39 is 0 Å². The molecule has 2 aliphatic rings. The molecule has 104 valence electrons. The third-order valence-electron chi connectivity index (χ3n) is 4.46. The largest absolute Gasteiger partial charge is 0.381 e. The lowest BCUT2D eigenvalue weighted by atomic mass is 9.80. The second kappa shape index (κ2) is 6.53. The van der Waals surface area contributed by atoms with Crippen molar-refractivity contribution in [3.63, 3.8) is 0 Å². The van der Waals surface area contributed by atoms with Crippen LogP contribution in [0.25, 0.3) is 0 Å². The Bertz CT molecular complexity index is 283. The van der Waals surface area contributed by atoms with E-state index in [1.54, 1.807) is 0 Å². The summed E-state index contributed by atoms with van der Waals surface area (Å²) in [5, 5.41) is 3.22. The Hall–Kier alpha value is -0.610. The number of amides is 1. The van der Waals surface area contributed by atoms with Crippen molar-refractivity contribution in [3.05, 3.63) is 0 Å². The molecule has 2 fully saturated rings. The molecule has 1 aliphatic carbocycles. The van der Waals surface area contributed by atoms with E-state index in [2.05, 4.69) is 12.2 Å². The van der Waals surface area contributed by atoms with Crippen LogP contribution in [0.1, 0.15) is 39.0 Å². The fourth-order valence-corrected chi connectivity index (χ4v) is 3.14. The first kappa shape index (κ1) is 13.8. The van der Waals surface area contributed by atoms with Crippen molar-refractivity contribution in [2.24, 2.45) is 23.5 Å². The molecule has 4 heteroatoms. The minimum atomic E-state index is 0.183. The van der Waals surface area contributed by atoms with Gasteiger partial charge in [-0.2, -0.15) is 0 Å². The third kappa shape index (κ3) is 3.45. The Balaban J connectivity index is 1.83. The second-order valence-corrected chi connectivity index (χ2v) is 5.92. The summed E-state index contributed by atoms with van der Waals surface area (Å²) in [5.74, 6) is 1.40. The van der Waals surface area contributed by atoms with Gasteiger partial charge in [0.2, 0.25) is 5.91 Å². The smallest absolute Gasteiger partial charge is 0.223 e. The highest BCUT2D eigenvalue weighted by atomic mass is 16.5. The van der Waals surface area contributed by atoms with Gasteiger partial charge in [-0.3, -0.25) is 4.79 Å². The van der Waals surface area contributed by atoms with Crippen LogP contribution in [-0.4, -0.2) is 31.7 Å². The summed E-state index contributed by atoms with van der Waals surface area (Å²) in [7, 11) is 0. The second-order valence-electron chi connectivity index (χ2n) is 5.92. The first-order valence-electron chi connectivity index (χ1n) is 7.29. The molecular weight excluding hydrogens is 228 g/mol. The van der Waals surface area contributed by atoms with Gasteiger partial charge in [-0.15, -0.1) is 0 Å². The number of nitrogens with one attached hydrogen (secondary N) is 1. The minimum absolute atomic E-state index is 0.183. The zero-order chi connectivity index (χ0) is 13.0. The summed E-state index contributed by atoms with van der Waals surface area (Å²) < 4.78 is 5.41. The molecule has 4 unspecified atom stereocenters. The molecule has 1 heterocycles. The summed E-state index contributed by atoms with van der Waals surface area (Å²) in [6.07, 6.45) is 5.27. The highest BCUT2D eigenvalue weighted by Gasteiger charge is 2.30. The first-order chi connectivity index (χ1) is 8.70. The van der Waals surface area contributed by atoms with E-state index in [4.69, 9.17) is 10.5 Å². The van der Waals surface area contributed by atoms with Crippen LogP contribution in [0.2, 0.25) is 0 Å². The fourth-order valence-electron chi connectivity index (χ4n) is 3.14. The summed E-state index contributed by atoms with van der Waals surface area (Å²) in [5.41, 5.74) is 5.72. The lowest BCUT2D eigenvalue weighted by Crippen LogP contribution is -2.47. The maximum atomic E-state index is 12.3. The molecule has 0 aromatic rings. The molecule has 1 saturated heterocycles. The number of nitrogens with two attached hydrogens (primary N) is 1. The average molecular weight is 254 g/mol. The molecule has 0 aromatic heterocycles. The predicted molar refractivity (Wildman–Crippen MR) is 71.0 cm³/mol. The molecule has 1 amide bonds. The van der Waals surface area contributed by atoms with E-state index in [1.807, 2.05) is 0 Å². The SMILES string of the molecule is CC1COCCC1NC(=O)C1CCCC(CN)C1. The molecule has 3 N–H and O–H groups in total. The van der Waals surface area contributed by atoms with Crippen LogP contribution in [0, 0.1) is 17.8 Å². The van der Waals surface area contributed by atoms with Crippen LogP contribution >= 0.6 is 0 Å². The van der Waals surface area contributed by atoms with Crippen LogP contribution in [-0.2, 0) is 9.53 Å². The van der Waals surface area contributed by atoms with E-state index >= 15 is 0 Å². The zero-order valence-electron chi connectivity index (χ0n) is 11.4. The number of ether oxygens (including phenoxy) is 1. The normalized spacial score (nSPS) is 37.2. The Labute approximate surface area is 110 Å². The van der Waals surface area contributed by atoms with Gasteiger partial charge in [-0.25, -0.2) is 0 Å². The third-order valence-corrected chi connectivity index (χ3v) is 4.46. The molecule has 1 saturated carbocycles. The van der Waals surface area contributed by atoms with Crippen LogP contribution < -0.4 is 11.1 Å². The number of rotatable bonds is 3. The van der Waals surface area contributed by atoms with Crippen molar-refractivity contribution in [1.29, 1.82) is 0 Å². The standard InChI is InChI=1S/C14H26N2O2/c1-10-9-18-6-5-13(10)16-14(17)12-4-2-3-11(7-12)8-15/h10-13H,2-9,15H2,1H3,(H,16,17). The minimum Gasteiger partial charge on any atom is -0.381 e. The van der Waals surface area contributed by atoms with Crippen LogP contribution in [0.15, 0.2) is 0 Å². The summed E-state index contributed by atoms with van der Waals surface area (Å²) >= 11 is 0. The van der Waals surface area contributed by atoms with Crippen LogP contribution in [0.3, 0.4) is 0 Å². The molecule has 18 heavy (non-hydrogen) atoms. The van der Waals surface area contributed by atoms with Gasteiger partial charge in [0.1, 0.15) is 0 Å². The van der Waals surface area contributed by atoms with Crippen molar-refractivity contribution >= 4 is 5.91 Å². The van der Waals surface area contributed by atoms with Crippen molar-refractivity contribution < 1.29 is 9.53 Å². The summed E-state index contributed by atoms with van der Waals surface area (Å²) in [6, 6.07) is 0.296. The van der Waals surface area contributed by atoms with Crippen molar-refractivity contribution in [2.45, 2.75) is 45.1 Å². The van der Waals surface area contributed by atoms with Gasteiger partial charge in [0.25, 0.3) is 0 Å². The van der Waals surface area contributed by atoms with E-state index in [1.165, 1.54) is 6.42 Å². The maximum absolute atomic E-state index is 12.3. The van der Waals surface area contributed by atoms with Crippen LogP contribution in [0.5, 0.6) is 0 Å². The van der Waals surface area contributed by atoms with Gasteiger partial charge in [0.15, 0.2) is 0 Å². The van der Waals surface area contributed by atoms with Gasteiger partial charge in [0.05, 0.1) is 6.61 Å². The van der Waals surface area contributed by atoms with Crippen molar-refractivity contribution in [1.82, 2.24) is 5.32 Å². The van der Waals surface area contributed by atoms with Crippen molar-refractivity contribution in [3.8, 4) is 0 Å². The monoisotopic (exact) mass is 254 g/mol. The number of hydrogen-bond acceptors (Lipinski definition) is 3. The Morgan fingerprint density at radius 2 is 2.22 bits per heavy atom. The lowest BCUT2D eigenvalue weighted by molar-refractivity contribution is -0.128. The van der Waals surface area contributed by atoms with Gasteiger partial charge >= 0.3 is 0 Å². The van der Waals surface area contributed by atoms with Crippen LogP contribution in [0.4, 0.5) is 0 Å². The van der Waals surface area contributed by atoms with Gasteiger partial charge in [0, 0.05) is 18.6 Å². The van der Waals surface area contributed by atoms with Gasteiger partial charge in [-0.1, -0.05) is 13.3 Å². The number of hydrogen-bond donors (Lipinski definition) is 2. The fraction of sp³-hybridized carbons (Fsp3) is 0.929. The quantitative estimate of drug-likeness (QED) is 0.797. The Morgan fingerprint density at radius 1 is 1.39 bits per heavy atom. The van der Waals surface area contributed by atoms with Gasteiger partial charge < -0.3 is 15.8 Å². The molecule has 0 aromatic carbocycles. The lowest BCUT2D eigenvalue weighted by Gasteiger charge is -2.33. The number of carbonyl (C=O) groups is 1. The highest BCUT2D eigenvalue weighted by molar-refractivity contribution is 5.79. The predicted octanol–water partition coefficient (Wildman–Crippen LogP) is 1.29. The van der Waals surface area contributed by atoms with E-state index in [-0.39, 0.29) is 11.8 Å². The molecular formula is C14H26N2O2. The Morgan fingerprint density at radius 3 is 2.94 bits per heavy atom. The van der Waals surface area contributed by atoms with Crippen molar-refractivity contribution in [2.75, 3.05) is 19.8 Å². The molecule has 4 nitrogen and oxygen atoms in total. The van der Waals surface area contributed by atoms with E-state index in [0.29, 0.717) is 17.9 Å². The Kier molecular flexibility index (Phi) is 5.01. The first-order valence-corrected chi connectivity index (χ1v) is 7.29. The highest BCUT2D eigenvalue weighted by Crippen LogP contribution is 2.29. The topological polar surface area (TPSA) is 64.3 Å². The molecule has 2 rings (SSSR count). The average Bonchev–Trinajstić information content (AvgIpc) is 2.41. The van der Waals surface area contributed by atoms with Gasteiger partial charge in [-0.05, 0) is 44.1 Å². The maximum Gasteiger partial charge on any atom is 0.223 e. The zero-order valence-corrected chi connectivity index (χ0v) is 11.4. The summed E-state index contributed by atoms with van der Waals surface area (Å²) in [4.78, 5) is 12.3. The molecule has 1 aliphatic heterocycles. The molecule has 4 atom stereocenters. The summed E-state index contributed by atoms with van der Waals surface area (Å²) in [6.45, 7) is 4.40. The van der Waals surface area contributed by atoms with E-state index in [0.717, 1.165) is 45.4 Å². The van der Waals surface area contributed by atoms with E-state index in [9.17, 15) is 4.79 Å². The number of carbonyl (C=O) groups excluding carboxylic acids is 1. The molecule has 0 radical (unpaired) electrons.